The van der Waals surface area contributed by atoms with Gasteiger partial charge in [0.2, 0.25) is 0 Å². The number of carbonyl (C=O) groups is 1. The minimum absolute atomic E-state index is 0.158. The lowest BCUT2D eigenvalue weighted by Crippen LogP contribution is -2.05. The summed E-state index contributed by atoms with van der Waals surface area (Å²) in [5.41, 5.74) is 3.71. The highest BCUT2D eigenvalue weighted by Crippen LogP contribution is 2.20. The molecule has 0 spiro atoms. The topological polar surface area (TPSA) is 42.9 Å². The van der Waals surface area contributed by atoms with Gasteiger partial charge in [-0.15, -0.1) is 0 Å². The van der Waals surface area contributed by atoms with Crippen LogP contribution in [0.4, 0.5) is 0 Å². The molecule has 0 amide bonds. The number of aromatic nitrogens is 2. The van der Waals surface area contributed by atoms with Crippen molar-refractivity contribution in [1.29, 1.82) is 0 Å². The van der Waals surface area contributed by atoms with Crippen molar-refractivity contribution in [2.24, 2.45) is 0 Å². The van der Waals surface area contributed by atoms with E-state index in [1.54, 1.807) is 6.08 Å². The zero-order valence-corrected chi connectivity index (χ0v) is 10.4. The fourth-order valence-electron chi connectivity index (χ4n) is 1.42. The number of aryl methyl sites for hydroxylation is 1. The Kier molecular flexibility index (Phi) is 4.10. The smallest absolute Gasteiger partial charge is 0.187 e. The number of hydrogen-bond donors (Lipinski definition) is 0. The first-order valence-corrected chi connectivity index (χ1v) is 5.30. The van der Waals surface area contributed by atoms with Crippen LogP contribution in [-0.4, -0.2) is 15.8 Å². The van der Waals surface area contributed by atoms with Gasteiger partial charge in [0, 0.05) is 11.3 Å². The zero-order valence-electron chi connectivity index (χ0n) is 10.4. The molecule has 3 nitrogen and oxygen atoms in total. The standard InChI is InChI=1S/C14H16N2O/c1-6-13(17)12(7-9(2)3)14-10(4)11(5)15-8-16-14/h6-8H,1-2H2,3-5H3. The lowest BCUT2D eigenvalue weighted by atomic mass is 10.0. The van der Waals surface area contributed by atoms with Gasteiger partial charge in [-0.3, -0.25) is 4.79 Å². The molecule has 1 heterocycles. The van der Waals surface area contributed by atoms with Crippen LogP contribution in [0.25, 0.3) is 5.57 Å². The third-order valence-electron chi connectivity index (χ3n) is 2.43. The Bertz CT molecular complexity index is 513. The molecule has 0 radical (unpaired) electrons. The summed E-state index contributed by atoms with van der Waals surface area (Å²) in [4.78, 5) is 20.1. The zero-order chi connectivity index (χ0) is 13.0. The Balaban J connectivity index is 3.43. The van der Waals surface area contributed by atoms with Gasteiger partial charge in [-0.25, -0.2) is 9.97 Å². The molecule has 1 aromatic rings. The molecule has 17 heavy (non-hydrogen) atoms. The summed E-state index contributed by atoms with van der Waals surface area (Å²) in [6.45, 7) is 12.9. The highest BCUT2D eigenvalue weighted by Gasteiger charge is 2.14. The molecular weight excluding hydrogens is 212 g/mol. The molecule has 0 bridgehead atoms. The van der Waals surface area contributed by atoms with Crippen LogP contribution in [0, 0.1) is 13.8 Å². The predicted molar refractivity (Wildman–Crippen MR) is 69.5 cm³/mol. The van der Waals surface area contributed by atoms with Crippen LogP contribution in [-0.2, 0) is 4.79 Å². The maximum Gasteiger partial charge on any atom is 0.187 e. The van der Waals surface area contributed by atoms with Gasteiger partial charge >= 0.3 is 0 Å². The fourth-order valence-corrected chi connectivity index (χ4v) is 1.42. The van der Waals surface area contributed by atoms with E-state index in [2.05, 4.69) is 23.1 Å². The first-order chi connectivity index (χ1) is 7.97. The maximum atomic E-state index is 11.8. The molecule has 0 fully saturated rings. The summed E-state index contributed by atoms with van der Waals surface area (Å²) in [6, 6.07) is 0. The summed E-state index contributed by atoms with van der Waals surface area (Å²) in [5, 5.41) is 0. The number of nitrogens with zero attached hydrogens (tertiary/aromatic N) is 2. The second-order valence-corrected chi connectivity index (χ2v) is 3.91. The molecule has 1 rings (SSSR count). The molecule has 0 saturated carbocycles. The lowest BCUT2D eigenvalue weighted by Gasteiger charge is -2.08. The third-order valence-corrected chi connectivity index (χ3v) is 2.43. The summed E-state index contributed by atoms with van der Waals surface area (Å²) in [7, 11) is 0. The van der Waals surface area contributed by atoms with E-state index in [9.17, 15) is 4.79 Å². The maximum absolute atomic E-state index is 11.8. The van der Waals surface area contributed by atoms with E-state index in [4.69, 9.17) is 0 Å². The molecule has 0 aliphatic rings. The van der Waals surface area contributed by atoms with Gasteiger partial charge < -0.3 is 0 Å². The van der Waals surface area contributed by atoms with E-state index >= 15 is 0 Å². The van der Waals surface area contributed by atoms with Crippen molar-refractivity contribution < 1.29 is 4.79 Å². The second-order valence-electron chi connectivity index (χ2n) is 3.91. The summed E-state index contributed by atoms with van der Waals surface area (Å²) in [5.74, 6) is -0.158. The van der Waals surface area contributed by atoms with Crippen molar-refractivity contribution in [2.75, 3.05) is 0 Å². The second kappa shape index (κ2) is 5.34. The first-order valence-electron chi connectivity index (χ1n) is 5.30. The van der Waals surface area contributed by atoms with Gasteiger partial charge in [0.05, 0.1) is 5.69 Å². The Morgan fingerprint density at radius 1 is 1.35 bits per heavy atom. The number of hydrogen-bond acceptors (Lipinski definition) is 3. The van der Waals surface area contributed by atoms with Gasteiger partial charge in [-0.05, 0) is 38.5 Å². The normalized spacial score (nSPS) is 11.1. The minimum Gasteiger partial charge on any atom is -0.289 e. The van der Waals surface area contributed by atoms with Crippen molar-refractivity contribution in [3.63, 3.8) is 0 Å². The van der Waals surface area contributed by atoms with Crippen LogP contribution in [0.3, 0.4) is 0 Å². The Labute approximate surface area is 102 Å². The summed E-state index contributed by atoms with van der Waals surface area (Å²) < 4.78 is 0. The molecule has 0 aliphatic carbocycles. The Hall–Kier alpha value is -2.03. The van der Waals surface area contributed by atoms with Gasteiger partial charge in [0.15, 0.2) is 5.78 Å². The number of allylic oxidation sites excluding steroid dienone is 4. The number of carbonyl (C=O) groups excluding carboxylic acids is 1. The minimum atomic E-state index is -0.158. The van der Waals surface area contributed by atoms with Crippen LogP contribution in [0.2, 0.25) is 0 Å². The Morgan fingerprint density at radius 3 is 2.53 bits per heavy atom. The third kappa shape index (κ3) is 2.97. The van der Waals surface area contributed by atoms with E-state index in [1.165, 1.54) is 12.4 Å². The average Bonchev–Trinajstić information content (AvgIpc) is 2.29. The largest absolute Gasteiger partial charge is 0.289 e. The van der Waals surface area contributed by atoms with Gasteiger partial charge in [0.25, 0.3) is 0 Å². The SMILES string of the molecule is C=CC(=O)C(=CC(=C)C)c1ncnc(C)c1C. The fraction of sp³-hybridized carbons (Fsp3) is 0.214. The molecule has 0 aliphatic heterocycles. The first kappa shape index (κ1) is 13.0. The van der Waals surface area contributed by atoms with Crippen molar-refractivity contribution in [3.05, 3.63) is 54.2 Å². The molecule has 0 atom stereocenters. The van der Waals surface area contributed by atoms with E-state index in [0.717, 1.165) is 16.8 Å². The predicted octanol–water partition coefficient (Wildman–Crippen LogP) is 2.81. The van der Waals surface area contributed by atoms with E-state index in [0.29, 0.717) is 11.3 Å². The van der Waals surface area contributed by atoms with Crippen LogP contribution in [0.5, 0.6) is 0 Å². The highest BCUT2D eigenvalue weighted by atomic mass is 16.1. The van der Waals surface area contributed by atoms with Crippen LogP contribution < -0.4 is 0 Å². The molecule has 0 saturated heterocycles. The van der Waals surface area contributed by atoms with E-state index < -0.39 is 0 Å². The molecule has 0 N–H and O–H groups in total. The average molecular weight is 228 g/mol. The Morgan fingerprint density at radius 2 is 2.00 bits per heavy atom. The van der Waals surface area contributed by atoms with Gasteiger partial charge in [-0.2, -0.15) is 0 Å². The highest BCUT2D eigenvalue weighted by molar-refractivity contribution is 6.26. The van der Waals surface area contributed by atoms with Crippen LogP contribution in [0.1, 0.15) is 23.9 Å². The van der Waals surface area contributed by atoms with Crippen LogP contribution in [0.15, 0.2) is 37.2 Å². The molecule has 3 heteroatoms. The van der Waals surface area contributed by atoms with Gasteiger partial charge in [0.1, 0.15) is 6.33 Å². The molecule has 1 aromatic heterocycles. The monoisotopic (exact) mass is 228 g/mol. The van der Waals surface area contributed by atoms with Crippen molar-refractivity contribution in [1.82, 2.24) is 9.97 Å². The molecule has 88 valence electrons. The van der Waals surface area contributed by atoms with E-state index in [1.807, 2.05) is 20.8 Å². The quantitative estimate of drug-likeness (QED) is 0.588. The van der Waals surface area contributed by atoms with Crippen molar-refractivity contribution in [2.45, 2.75) is 20.8 Å². The van der Waals surface area contributed by atoms with Crippen molar-refractivity contribution in [3.8, 4) is 0 Å². The van der Waals surface area contributed by atoms with Gasteiger partial charge in [-0.1, -0.05) is 18.7 Å². The van der Waals surface area contributed by atoms with Crippen molar-refractivity contribution >= 4 is 11.4 Å². The summed E-state index contributed by atoms with van der Waals surface area (Å²) in [6.07, 6.45) is 4.46. The lowest BCUT2D eigenvalue weighted by molar-refractivity contribution is -0.109. The van der Waals surface area contributed by atoms with E-state index in [-0.39, 0.29) is 5.78 Å². The molecule has 0 unspecified atom stereocenters. The number of rotatable bonds is 4. The van der Waals surface area contributed by atoms with Crippen LogP contribution >= 0.6 is 0 Å². The number of ketones is 1. The summed E-state index contributed by atoms with van der Waals surface area (Å²) >= 11 is 0. The molecule has 0 aromatic carbocycles. The molecular formula is C14H16N2O.